The summed E-state index contributed by atoms with van der Waals surface area (Å²) in [5.74, 6) is -8.16. The first-order valence-electron chi connectivity index (χ1n) is 2.79. The Bertz CT molecular complexity index is 179. The molecule has 64 valence electrons. The van der Waals surface area contributed by atoms with Gasteiger partial charge in [0.1, 0.15) is 12.5 Å². The number of carbonyl (C=O) groups excluding carboxylic acids is 1. The van der Waals surface area contributed by atoms with Crippen LogP contribution in [0.1, 0.15) is 0 Å². The molecule has 0 N–H and O–H groups in total. The second-order valence-corrected chi connectivity index (χ2v) is 2.16. The zero-order valence-electron chi connectivity index (χ0n) is 5.19. The number of carbonyl (C=O) groups is 1. The molecule has 0 amide bonds. The van der Waals surface area contributed by atoms with E-state index in [0.29, 0.717) is 0 Å². The quantitative estimate of drug-likeness (QED) is 0.436. The molecule has 0 spiro atoms. The number of halogens is 4. The Kier molecular flexibility index (Phi) is 1.77. The normalized spacial score (nSPS) is 29.2. The highest BCUT2D eigenvalue weighted by atomic mass is 19.3. The van der Waals surface area contributed by atoms with Gasteiger partial charge in [-0.05, 0) is 0 Å². The molecule has 2 nitrogen and oxygen atoms in total. The first-order valence-corrected chi connectivity index (χ1v) is 2.79. The summed E-state index contributed by atoms with van der Waals surface area (Å²) in [6.07, 6.45) is -3.23. The van der Waals surface area contributed by atoms with Crippen LogP contribution >= 0.6 is 0 Å². The minimum Gasteiger partial charge on any atom is -0.460 e. The summed E-state index contributed by atoms with van der Waals surface area (Å²) in [4.78, 5) is 10.1. The molecular formula is C5H4F4O2. The maximum atomic E-state index is 12.3. The molecule has 1 fully saturated rings. The molecule has 1 unspecified atom stereocenters. The molecule has 0 aliphatic carbocycles. The summed E-state index contributed by atoms with van der Waals surface area (Å²) in [5.41, 5.74) is 0. The van der Waals surface area contributed by atoms with E-state index in [9.17, 15) is 22.4 Å². The molecule has 0 bridgehead atoms. The molecule has 0 aromatic carbocycles. The lowest BCUT2D eigenvalue weighted by Crippen LogP contribution is -2.34. The molecule has 0 aromatic heterocycles. The van der Waals surface area contributed by atoms with Gasteiger partial charge in [-0.3, -0.25) is 0 Å². The van der Waals surface area contributed by atoms with E-state index in [4.69, 9.17) is 0 Å². The van der Waals surface area contributed by atoms with Crippen molar-refractivity contribution >= 4 is 5.97 Å². The van der Waals surface area contributed by atoms with Gasteiger partial charge in [0, 0.05) is 0 Å². The molecule has 1 heterocycles. The van der Waals surface area contributed by atoms with Crippen molar-refractivity contribution in [3.05, 3.63) is 0 Å². The highest BCUT2D eigenvalue weighted by molar-refractivity contribution is 5.79. The van der Waals surface area contributed by atoms with Crippen LogP contribution in [0.2, 0.25) is 0 Å². The number of hydrogen-bond acceptors (Lipinski definition) is 2. The van der Waals surface area contributed by atoms with Gasteiger partial charge in [0.15, 0.2) is 0 Å². The Hall–Kier alpha value is -0.810. The summed E-state index contributed by atoms with van der Waals surface area (Å²) < 4.78 is 51.8. The number of rotatable bonds is 1. The lowest BCUT2D eigenvalue weighted by molar-refractivity contribution is -0.163. The summed E-state index contributed by atoms with van der Waals surface area (Å²) >= 11 is 0. The highest BCUT2D eigenvalue weighted by Crippen LogP contribution is 2.36. The standard InChI is InChI=1S/C5H4F4O2/c6-3(7)2-1-11-4(10)5(2,8)9/h2-3H,1H2. The Labute approximate surface area is 59.1 Å². The third-order valence-corrected chi connectivity index (χ3v) is 1.44. The van der Waals surface area contributed by atoms with Crippen molar-refractivity contribution in [1.29, 1.82) is 0 Å². The van der Waals surface area contributed by atoms with Crippen LogP contribution < -0.4 is 0 Å². The lowest BCUT2D eigenvalue weighted by atomic mass is 10.1. The van der Waals surface area contributed by atoms with Crippen molar-refractivity contribution in [3.63, 3.8) is 0 Å². The molecule has 6 heteroatoms. The molecule has 0 aromatic rings. The molecule has 11 heavy (non-hydrogen) atoms. The molecule has 0 radical (unpaired) electrons. The van der Waals surface area contributed by atoms with Crippen LogP contribution in [0.25, 0.3) is 0 Å². The van der Waals surface area contributed by atoms with Gasteiger partial charge < -0.3 is 4.74 Å². The SMILES string of the molecule is O=C1OCC(C(F)F)C1(F)F. The largest absolute Gasteiger partial charge is 0.460 e. The smallest absolute Gasteiger partial charge is 0.377 e. The Balaban J connectivity index is 2.78. The van der Waals surface area contributed by atoms with Gasteiger partial charge in [-0.25, -0.2) is 13.6 Å². The van der Waals surface area contributed by atoms with Crippen LogP contribution in [0, 0.1) is 5.92 Å². The van der Waals surface area contributed by atoms with E-state index in [0.717, 1.165) is 0 Å². The molecule has 1 atom stereocenters. The van der Waals surface area contributed by atoms with Crippen molar-refractivity contribution in [2.24, 2.45) is 5.92 Å². The minimum atomic E-state index is -4.02. The third-order valence-electron chi connectivity index (χ3n) is 1.44. The van der Waals surface area contributed by atoms with E-state index in [2.05, 4.69) is 4.74 Å². The zero-order chi connectivity index (χ0) is 8.65. The second kappa shape index (κ2) is 2.35. The maximum absolute atomic E-state index is 12.3. The third kappa shape index (κ3) is 1.17. The van der Waals surface area contributed by atoms with E-state index in [-0.39, 0.29) is 0 Å². The summed E-state index contributed by atoms with van der Waals surface area (Å²) in [6, 6.07) is 0. The topological polar surface area (TPSA) is 26.3 Å². The van der Waals surface area contributed by atoms with E-state index in [1.165, 1.54) is 0 Å². The van der Waals surface area contributed by atoms with Crippen LogP contribution in [0.15, 0.2) is 0 Å². The molecular weight excluding hydrogens is 168 g/mol. The van der Waals surface area contributed by atoms with Gasteiger partial charge in [-0.2, -0.15) is 8.78 Å². The van der Waals surface area contributed by atoms with Crippen LogP contribution in [-0.2, 0) is 9.53 Å². The van der Waals surface area contributed by atoms with E-state index in [1.807, 2.05) is 0 Å². The predicted octanol–water partition coefficient (Wildman–Crippen LogP) is 1.06. The van der Waals surface area contributed by atoms with E-state index in [1.54, 1.807) is 0 Å². The Morgan fingerprint density at radius 1 is 1.55 bits per heavy atom. The minimum absolute atomic E-state index is 0.899. The first-order chi connectivity index (χ1) is 4.96. The number of alkyl halides is 4. The number of hydrogen-bond donors (Lipinski definition) is 0. The summed E-state index contributed by atoms with van der Waals surface area (Å²) in [7, 11) is 0. The summed E-state index contributed by atoms with van der Waals surface area (Å²) in [6.45, 7) is -0.899. The highest BCUT2D eigenvalue weighted by Gasteiger charge is 2.58. The average Bonchev–Trinajstić information content (AvgIpc) is 2.08. The molecule has 1 rings (SSSR count). The van der Waals surface area contributed by atoms with E-state index < -0.39 is 30.8 Å². The Morgan fingerprint density at radius 2 is 2.09 bits per heavy atom. The van der Waals surface area contributed by atoms with Crippen molar-refractivity contribution in [2.75, 3.05) is 6.61 Å². The van der Waals surface area contributed by atoms with Gasteiger partial charge in [0.2, 0.25) is 0 Å². The van der Waals surface area contributed by atoms with E-state index >= 15 is 0 Å². The lowest BCUT2D eigenvalue weighted by Gasteiger charge is -2.11. The van der Waals surface area contributed by atoms with Gasteiger partial charge in [0.25, 0.3) is 6.43 Å². The predicted molar refractivity (Wildman–Crippen MR) is 25.4 cm³/mol. The molecule has 1 aliphatic heterocycles. The van der Waals surface area contributed by atoms with Crippen molar-refractivity contribution in [3.8, 4) is 0 Å². The van der Waals surface area contributed by atoms with Gasteiger partial charge in [-0.1, -0.05) is 0 Å². The van der Waals surface area contributed by atoms with Crippen LogP contribution in [0.4, 0.5) is 17.6 Å². The second-order valence-electron chi connectivity index (χ2n) is 2.16. The first kappa shape index (κ1) is 8.29. The van der Waals surface area contributed by atoms with Gasteiger partial charge >= 0.3 is 11.9 Å². The monoisotopic (exact) mass is 172 g/mol. The Morgan fingerprint density at radius 3 is 2.27 bits per heavy atom. The number of ether oxygens (including phenoxy) is 1. The fraction of sp³-hybridized carbons (Fsp3) is 0.800. The zero-order valence-corrected chi connectivity index (χ0v) is 5.19. The fourth-order valence-electron chi connectivity index (χ4n) is 0.749. The van der Waals surface area contributed by atoms with Gasteiger partial charge in [0.05, 0.1) is 0 Å². The number of cyclic esters (lactones) is 1. The van der Waals surface area contributed by atoms with Crippen LogP contribution in [0.3, 0.4) is 0 Å². The van der Waals surface area contributed by atoms with Crippen molar-refractivity contribution < 1.29 is 27.1 Å². The molecule has 1 aliphatic rings. The van der Waals surface area contributed by atoms with Crippen LogP contribution in [-0.4, -0.2) is 24.9 Å². The fourth-order valence-corrected chi connectivity index (χ4v) is 0.749. The molecule has 1 saturated heterocycles. The average molecular weight is 172 g/mol. The van der Waals surface area contributed by atoms with Crippen molar-refractivity contribution in [2.45, 2.75) is 12.3 Å². The summed E-state index contributed by atoms with van der Waals surface area (Å²) in [5, 5.41) is 0. The van der Waals surface area contributed by atoms with Crippen LogP contribution in [0.5, 0.6) is 0 Å². The number of esters is 1. The molecule has 0 saturated carbocycles. The maximum Gasteiger partial charge on any atom is 0.377 e. The van der Waals surface area contributed by atoms with Crippen molar-refractivity contribution in [1.82, 2.24) is 0 Å². The van der Waals surface area contributed by atoms with Gasteiger partial charge in [-0.15, -0.1) is 0 Å².